The number of aliphatic hydroxyl groups excluding tert-OH is 1. The average molecular weight is 248 g/mol. The van der Waals surface area contributed by atoms with Crippen LogP contribution in [0.15, 0.2) is 24.3 Å². The van der Waals surface area contributed by atoms with Gasteiger partial charge >= 0.3 is 0 Å². The summed E-state index contributed by atoms with van der Waals surface area (Å²) in [5.41, 5.74) is 2.64. The van der Waals surface area contributed by atoms with Gasteiger partial charge in [0, 0.05) is 12.5 Å². The fourth-order valence-electron chi connectivity index (χ4n) is 2.73. The molecule has 18 heavy (non-hydrogen) atoms. The first-order chi connectivity index (χ1) is 8.72. The predicted octanol–water partition coefficient (Wildman–Crippen LogP) is 4.68. The van der Waals surface area contributed by atoms with E-state index in [1.54, 1.807) is 0 Å². The van der Waals surface area contributed by atoms with Crippen LogP contribution in [0.4, 0.5) is 0 Å². The Kier molecular flexibility index (Phi) is 7.04. The molecule has 1 rings (SSSR count). The number of aryl methyl sites for hydroxylation is 1. The first kappa shape index (κ1) is 15.2. The van der Waals surface area contributed by atoms with Gasteiger partial charge in [-0.05, 0) is 30.4 Å². The maximum Gasteiger partial charge on any atom is 0.0499 e. The van der Waals surface area contributed by atoms with E-state index >= 15 is 0 Å². The molecule has 1 heteroatoms. The lowest BCUT2D eigenvalue weighted by atomic mass is 9.84. The van der Waals surface area contributed by atoms with E-state index in [1.807, 2.05) is 0 Å². The summed E-state index contributed by atoms with van der Waals surface area (Å²) < 4.78 is 0. The van der Waals surface area contributed by atoms with Crippen LogP contribution in [0.25, 0.3) is 0 Å². The van der Waals surface area contributed by atoms with E-state index in [4.69, 9.17) is 0 Å². The average Bonchev–Trinajstić information content (AvgIpc) is 2.40. The minimum Gasteiger partial charge on any atom is -0.396 e. The van der Waals surface area contributed by atoms with Crippen molar-refractivity contribution in [2.75, 3.05) is 6.61 Å². The molecule has 0 aliphatic rings. The maximum atomic E-state index is 9.67. The molecular weight excluding hydrogens is 220 g/mol. The molecule has 0 saturated heterocycles. The molecule has 1 aromatic carbocycles. The van der Waals surface area contributed by atoms with E-state index in [9.17, 15) is 5.11 Å². The SMILES string of the molecule is CCCCC(CC)CC(CO)c1ccccc1C. The lowest BCUT2D eigenvalue weighted by Gasteiger charge is -2.23. The molecule has 0 saturated carbocycles. The molecule has 0 aromatic heterocycles. The second-order valence-electron chi connectivity index (χ2n) is 5.39. The molecule has 0 radical (unpaired) electrons. The molecule has 0 heterocycles. The Hall–Kier alpha value is -0.820. The molecule has 0 fully saturated rings. The van der Waals surface area contributed by atoms with Crippen LogP contribution >= 0.6 is 0 Å². The van der Waals surface area contributed by atoms with Crippen LogP contribution in [-0.2, 0) is 0 Å². The Morgan fingerprint density at radius 1 is 1.17 bits per heavy atom. The van der Waals surface area contributed by atoms with E-state index in [0.717, 1.165) is 12.3 Å². The van der Waals surface area contributed by atoms with Gasteiger partial charge in [0.15, 0.2) is 0 Å². The zero-order valence-electron chi connectivity index (χ0n) is 12.2. The summed E-state index contributed by atoms with van der Waals surface area (Å²) >= 11 is 0. The van der Waals surface area contributed by atoms with Crippen molar-refractivity contribution in [3.63, 3.8) is 0 Å². The van der Waals surface area contributed by atoms with Crippen molar-refractivity contribution >= 4 is 0 Å². The summed E-state index contributed by atoms with van der Waals surface area (Å²) in [4.78, 5) is 0. The summed E-state index contributed by atoms with van der Waals surface area (Å²) in [6.45, 7) is 6.93. The number of unbranched alkanes of at least 4 members (excludes halogenated alkanes) is 1. The van der Waals surface area contributed by atoms with Crippen LogP contribution in [-0.4, -0.2) is 11.7 Å². The normalized spacial score (nSPS) is 14.4. The van der Waals surface area contributed by atoms with Crippen molar-refractivity contribution in [2.24, 2.45) is 5.92 Å². The van der Waals surface area contributed by atoms with Crippen molar-refractivity contribution in [3.05, 3.63) is 35.4 Å². The second kappa shape index (κ2) is 8.31. The molecule has 1 N–H and O–H groups in total. The predicted molar refractivity (Wildman–Crippen MR) is 78.9 cm³/mol. The number of rotatable bonds is 8. The largest absolute Gasteiger partial charge is 0.396 e. The first-order valence-electron chi connectivity index (χ1n) is 7.39. The highest BCUT2D eigenvalue weighted by atomic mass is 16.3. The maximum absolute atomic E-state index is 9.67. The van der Waals surface area contributed by atoms with Gasteiger partial charge in [0.2, 0.25) is 0 Å². The molecule has 2 atom stereocenters. The number of benzene rings is 1. The third-order valence-corrected chi connectivity index (χ3v) is 4.01. The Morgan fingerprint density at radius 3 is 2.44 bits per heavy atom. The zero-order chi connectivity index (χ0) is 13.4. The summed E-state index contributed by atoms with van der Waals surface area (Å²) in [5.74, 6) is 1.06. The van der Waals surface area contributed by atoms with Gasteiger partial charge < -0.3 is 5.11 Å². The minimum atomic E-state index is 0.271. The molecule has 0 aliphatic heterocycles. The molecule has 0 spiro atoms. The molecule has 0 amide bonds. The van der Waals surface area contributed by atoms with Gasteiger partial charge in [0.1, 0.15) is 0 Å². The van der Waals surface area contributed by atoms with Gasteiger partial charge in [-0.3, -0.25) is 0 Å². The highest BCUT2D eigenvalue weighted by Crippen LogP contribution is 2.29. The molecule has 0 aliphatic carbocycles. The highest BCUT2D eigenvalue weighted by molar-refractivity contribution is 5.29. The van der Waals surface area contributed by atoms with Crippen LogP contribution in [0.1, 0.15) is 63.0 Å². The van der Waals surface area contributed by atoms with E-state index in [2.05, 4.69) is 45.0 Å². The number of hydrogen-bond donors (Lipinski definition) is 1. The second-order valence-corrected chi connectivity index (χ2v) is 5.39. The van der Waals surface area contributed by atoms with Gasteiger partial charge in [-0.1, -0.05) is 63.8 Å². The van der Waals surface area contributed by atoms with Crippen LogP contribution in [0, 0.1) is 12.8 Å². The third-order valence-electron chi connectivity index (χ3n) is 4.01. The molecule has 2 unspecified atom stereocenters. The highest BCUT2D eigenvalue weighted by Gasteiger charge is 2.17. The summed E-state index contributed by atoms with van der Waals surface area (Å²) in [5, 5.41) is 9.67. The van der Waals surface area contributed by atoms with Gasteiger partial charge in [-0.25, -0.2) is 0 Å². The van der Waals surface area contributed by atoms with E-state index in [0.29, 0.717) is 5.92 Å². The van der Waals surface area contributed by atoms with Gasteiger partial charge in [0.05, 0.1) is 0 Å². The van der Waals surface area contributed by atoms with E-state index < -0.39 is 0 Å². The van der Waals surface area contributed by atoms with Crippen molar-refractivity contribution < 1.29 is 5.11 Å². The third kappa shape index (κ3) is 4.45. The molecular formula is C17H28O. The smallest absolute Gasteiger partial charge is 0.0499 e. The van der Waals surface area contributed by atoms with Crippen molar-refractivity contribution in [3.8, 4) is 0 Å². The summed E-state index contributed by atoms with van der Waals surface area (Å²) in [6, 6.07) is 8.47. The van der Waals surface area contributed by atoms with Crippen LogP contribution in [0.2, 0.25) is 0 Å². The first-order valence-corrected chi connectivity index (χ1v) is 7.39. The van der Waals surface area contributed by atoms with E-state index in [-0.39, 0.29) is 6.61 Å². The van der Waals surface area contributed by atoms with Crippen LogP contribution in [0.3, 0.4) is 0 Å². The lowest BCUT2D eigenvalue weighted by molar-refractivity contribution is 0.237. The van der Waals surface area contributed by atoms with Crippen molar-refractivity contribution in [1.29, 1.82) is 0 Å². The fraction of sp³-hybridized carbons (Fsp3) is 0.647. The van der Waals surface area contributed by atoms with Gasteiger partial charge in [-0.15, -0.1) is 0 Å². The fourth-order valence-corrected chi connectivity index (χ4v) is 2.73. The topological polar surface area (TPSA) is 20.2 Å². The molecule has 1 nitrogen and oxygen atoms in total. The Balaban J connectivity index is 2.68. The van der Waals surface area contributed by atoms with E-state index in [1.165, 1.54) is 36.8 Å². The lowest BCUT2D eigenvalue weighted by Crippen LogP contribution is -2.12. The molecule has 1 aromatic rings. The quantitative estimate of drug-likeness (QED) is 0.708. The van der Waals surface area contributed by atoms with Crippen molar-refractivity contribution in [2.45, 2.75) is 58.8 Å². The summed E-state index contributed by atoms with van der Waals surface area (Å²) in [6.07, 6.45) is 6.23. The monoisotopic (exact) mass is 248 g/mol. The standard InChI is InChI=1S/C17H28O/c1-4-6-10-15(5-2)12-16(13-18)17-11-8-7-9-14(17)3/h7-9,11,15-16,18H,4-6,10,12-13H2,1-3H3. The Morgan fingerprint density at radius 2 is 1.89 bits per heavy atom. The number of hydrogen-bond acceptors (Lipinski definition) is 1. The summed E-state index contributed by atoms with van der Waals surface area (Å²) in [7, 11) is 0. The molecule has 0 bridgehead atoms. The van der Waals surface area contributed by atoms with Gasteiger partial charge in [-0.2, -0.15) is 0 Å². The van der Waals surface area contributed by atoms with Crippen LogP contribution in [0.5, 0.6) is 0 Å². The minimum absolute atomic E-state index is 0.271. The molecule has 102 valence electrons. The Labute approximate surface area is 112 Å². The van der Waals surface area contributed by atoms with Gasteiger partial charge in [0.25, 0.3) is 0 Å². The van der Waals surface area contributed by atoms with Crippen LogP contribution < -0.4 is 0 Å². The number of aliphatic hydroxyl groups is 1. The van der Waals surface area contributed by atoms with Crippen molar-refractivity contribution in [1.82, 2.24) is 0 Å². The zero-order valence-corrected chi connectivity index (χ0v) is 12.2. The Bertz CT molecular complexity index is 332.